The SMILES string of the molecule is Cc1cc([B-](F)(F)F)ccc1OCOCC1CC1.[K+]. The molecule has 2 rings (SSSR count). The van der Waals surface area contributed by atoms with Crippen molar-refractivity contribution in [1.82, 2.24) is 0 Å². The first kappa shape index (κ1) is 17.5. The van der Waals surface area contributed by atoms with Crippen LogP contribution in [0.25, 0.3) is 0 Å². The maximum absolute atomic E-state index is 12.5. The minimum atomic E-state index is -4.95. The molecule has 1 aromatic carbocycles. The Labute approximate surface area is 153 Å². The van der Waals surface area contributed by atoms with Crippen LogP contribution >= 0.6 is 0 Å². The van der Waals surface area contributed by atoms with Gasteiger partial charge >= 0.3 is 58.4 Å². The molecule has 1 aromatic rings. The molecule has 0 spiro atoms. The Kier molecular flexibility index (Phi) is 6.89. The van der Waals surface area contributed by atoms with Crippen LogP contribution in [0.5, 0.6) is 5.75 Å². The molecule has 0 saturated heterocycles. The van der Waals surface area contributed by atoms with E-state index in [-0.39, 0.29) is 58.2 Å². The summed E-state index contributed by atoms with van der Waals surface area (Å²) in [6.07, 6.45) is 2.39. The van der Waals surface area contributed by atoms with E-state index in [2.05, 4.69) is 0 Å². The van der Waals surface area contributed by atoms with Gasteiger partial charge in [0.2, 0.25) is 0 Å². The molecule has 0 unspecified atom stereocenters. The number of hydrogen-bond donors (Lipinski definition) is 0. The van der Waals surface area contributed by atoms with Gasteiger partial charge in [0.1, 0.15) is 5.75 Å². The average Bonchev–Trinajstić information content (AvgIpc) is 3.08. The van der Waals surface area contributed by atoms with Gasteiger partial charge in [-0.25, -0.2) is 0 Å². The summed E-state index contributed by atoms with van der Waals surface area (Å²) in [5, 5.41) is 0. The van der Waals surface area contributed by atoms with Crippen molar-refractivity contribution in [2.45, 2.75) is 19.8 Å². The van der Waals surface area contributed by atoms with Crippen LogP contribution < -0.4 is 61.6 Å². The number of benzene rings is 1. The van der Waals surface area contributed by atoms with E-state index in [9.17, 15) is 12.9 Å². The third kappa shape index (κ3) is 5.77. The molecule has 1 aliphatic rings. The minimum absolute atomic E-state index is 0. The van der Waals surface area contributed by atoms with Crippen molar-refractivity contribution in [3.05, 3.63) is 23.8 Å². The van der Waals surface area contributed by atoms with E-state index in [1.54, 1.807) is 6.92 Å². The number of ether oxygens (including phenoxy) is 2. The fourth-order valence-corrected chi connectivity index (χ4v) is 1.64. The summed E-state index contributed by atoms with van der Waals surface area (Å²) < 4.78 is 48.1. The Balaban J connectivity index is 0.00000180. The molecule has 0 radical (unpaired) electrons. The third-order valence-electron chi connectivity index (χ3n) is 2.93. The van der Waals surface area contributed by atoms with Gasteiger partial charge in [-0.1, -0.05) is 12.1 Å². The van der Waals surface area contributed by atoms with Crippen LogP contribution in [-0.4, -0.2) is 20.4 Å². The van der Waals surface area contributed by atoms with Crippen molar-refractivity contribution in [1.29, 1.82) is 0 Å². The summed E-state index contributed by atoms with van der Waals surface area (Å²) in [5.41, 5.74) is -0.125. The summed E-state index contributed by atoms with van der Waals surface area (Å²) in [4.78, 5) is 0. The van der Waals surface area contributed by atoms with Gasteiger partial charge in [0.25, 0.3) is 0 Å². The molecule has 1 fully saturated rings. The van der Waals surface area contributed by atoms with Crippen LogP contribution in [0.4, 0.5) is 12.9 Å². The monoisotopic (exact) mass is 298 g/mol. The zero-order chi connectivity index (χ0) is 13.2. The van der Waals surface area contributed by atoms with Crippen molar-refractivity contribution in [3.8, 4) is 5.75 Å². The fourth-order valence-electron chi connectivity index (χ4n) is 1.64. The molecular weight excluding hydrogens is 283 g/mol. The van der Waals surface area contributed by atoms with Gasteiger partial charge in [-0.2, -0.15) is 0 Å². The molecule has 0 bridgehead atoms. The van der Waals surface area contributed by atoms with Gasteiger partial charge < -0.3 is 22.4 Å². The van der Waals surface area contributed by atoms with E-state index in [1.165, 1.54) is 18.9 Å². The number of rotatable bonds is 6. The normalized spacial score (nSPS) is 14.9. The Morgan fingerprint density at radius 1 is 1.26 bits per heavy atom. The summed E-state index contributed by atoms with van der Waals surface area (Å²) >= 11 is 0. The molecule has 0 atom stereocenters. The number of aryl methyl sites for hydroxylation is 1. The zero-order valence-electron chi connectivity index (χ0n) is 11.2. The fraction of sp³-hybridized carbons (Fsp3) is 0.500. The molecule has 1 aliphatic carbocycles. The average molecular weight is 298 g/mol. The van der Waals surface area contributed by atoms with E-state index in [0.717, 1.165) is 12.1 Å². The van der Waals surface area contributed by atoms with E-state index in [0.29, 0.717) is 23.8 Å². The number of halogens is 3. The van der Waals surface area contributed by atoms with Crippen LogP contribution in [0.15, 0.2) is 18.2 Å². The smallest absolute Gasteiger partial charge is 0.467 e. The van der Waals surface area contributed by atoms with Crippen LogP contribution in [-0.2, 0) is 4.74 Å². The maximum atomic E-state index is 12.5. The first-order valence-electron chi connectivity index (χ1n) is 5.98. The van der Waals surface area contributed by atoms with Crippen molar-refractivity contribution >= 4 is 12.4 Å². The van der Waals surface area contributed by atoms with Gasteiger partial charge in [0.15, 0.2) is 6.79 Å². The second-order valence-corrected chi connectivity index (χ2v) is 4.68. The molecule has 2 nitrogen and oxygen atoms in total. The van der Waals surface area contributed by atoms with E-state index >= 15 is 0 Å². The Morgan fingerprint density at radius 3 is 2.47 bits per heavy atom. The molecule has 1 saturated carbocycles. The molecule has 0 amide bonds. The molecule has 0 N–H and O–H groups in total. The summed E-state index contributed by atoms with van der Waals surface area (Å²) in [6.45, 7) is -2.59. The van der Waals surface area contributed by atoms with Gasteiger partial charge in [-0.3, -0.25) is 0 Å². The zero-order valence-corrected chi connectivity index (χ0v) is 14.3. The summed E-state index contributed by atoms with van der Waals surface area (Å²) in [7, 11) is 0. The second-order valence-electron chi connectivity index (χ2n) is 4.68. The quantitative estimate of drug-likeness (QED) is 0.412. The summed E-state index contributed by atoms with van der Waals surface area (Å²) in [6, 6.07) is 3.50. The van der Waals surface area contributed by atoms with E-state index < -0.39 is 12.4 Å². The van der Waals surface area contributed by atoms with Gasteiger partial charge in [0.05, 0.1) is 6.61 Å². The molecule has 100 valence electrons. The van der Waals surface area contributed by atoms with Gasteiger partial charge in [-0.05, 0) is 37.3 Å². The number of hydrogen-bond acceptors (Lipinski definition) is 2. The maximum Gasteiger partial charge on any atom is 1.00 e. The van der Waals surface area contributed by atoms with Crippen molar-refractivity contribution in [2.75, 3.05) is 13.4 Å². The molecule has 0 aromatic heterocycles. The molecule has 0 aliphatic heterocycles. The van der Waals surface area contributed by atoms with Crippen molar-refractivity contribution in [2.24, 2.45) is 5.92 Å². The first-order valence-corrected chi connectivity index (χ1v) is 5.98. The van der Waals surface area contributed by atoms with Crippen molar-refractivity contribution in [3.63, 3.8) is 0 Å². The van der Waals surface area contributed by atoms with Crippen molar-refractivity contribution < 1.29 is 73.8 Å². The Hall–Kier alpha value is 0.471. The van der Waals surface area contributed by atoms with Gasteiger partial charge in [-0.15, -0.1) is 5.46 Å². The largest absolute Gasteiger partial charge is 1.00 e. The Bertz CT molecular complexity index is 422. The van der Waals surface area contributed by atoms with E-state index in [1.807, 2.05) is 0 Å². The minimum Gasteiger partial charge on any atom is -0.467 e. The van der Waals surface area contributed by atoms with Gasteiger partial charge in [0, 0.05) is 0 Å². The predicted molar refractivity (Wildman–Crippen MR) is 64.1 cm³/mol. The van der Waals surface area contributed by atoms with Crippen LogP contribution in [0, 0.1) is 12.8 Å². The predicted octanol–water partition coefficient (Wildman–Crippen LogP) is -0.184. The second kappa shape index (κ2) is 7.47. The molecular formula is C12H15BF3KO2. The summed E-state index contributed by atoms with van der Waals surface area (Å²) in [5.74, 6) is 1.08. The first-order chi connectivity index (χ1) is 8.47. The van der Waals surface area contributed by atoms with Crippen LogP contribution in [0.2, 0.25) is 0 Å². The van der Waals surface area contributed by atoms with E-state index in [4.69, 9.17) is 9.47 Å². The Morgan fingerprint density at radius 2 is 1.95 bits per heavy atom. The van der Waals surface area contributed by atoms with Crippen LogP contribution in [0.1, 0.15) is 18.4 Å². The molecule has 7 heteroatoms. The standard InChI is InChI=1S/C12H15BF3O2.K/c1-9-6-11(13(14,15)16)4-5-12(9)18-8-17-7-10-2-3-10;/h4-6,10H,2-3,7-8H2,1H3;/q-1;+1. The van der Waals surface area contributed by atoms with Crippen LogP contribution in [0.3, 0.4) is 0 Å². The molecule has 0 heterocycles. The topological polar surface area (TPSA) is 18.5 Å². The third-order valence-corrected chi connectivity index (χ3v) is 2.93. The molecule has 19 heavy (non-hydrogen) atoms.